The summed E-state index contributed by atoms with van der Waals surface area (Å²) in [5, 5.41) is 10.8. The minimum atomic E-state index is -2.91. The van der Waals surface area contributed by atoms with E-state index in [2.05, 4.69) is 21.4 Å². The van der Waals surface area contributed by atoms with Gasteiger partial charge in [0.05, 0.1) is 17.1 Å². The van der Waals surface area contributed by atoms with Crippen molar-refractivity contribution in [3.63, 3.8) is 0 Å². The van der Waals surface area contributed by atoms with Gasteiger partial charge in [0.25, 0.3) is 11.8 Å². The van der Waals surface area contributed by atoms with E-state index < -0.39 is 53.8 Å². The number of fused-ring (bicyclic) bond motifs is 3. The van der Waals surface area contributed by atoms with Crippen molar-refractivity contribution in [2.45, 2.75) is 36.8 Å². The van der Waals surface area contributed by atoms with Gasteiger partial charge in [-0.1, -0.05) is 30.3 Å². The third-order valence-corrected chi connectivity index (χ3v) is 10.1. The summed E-state index contributed by atoms with van der Waals surface area (Å²) in [7, 11) is 0. The normalized spacial score (nSPS) is 21.8. The van der Waals surface area contributed by atoms with E-state index in [9.17, 15) is 23.1 Å². The second kappa shape index (κ2) is 12.5. The minimum absolute atomic E-state index is 0.0102. The number of aromatic hydroxyl groups is 1. The molecule has 0 saturated carbocycles. The predicted molar refractivity (Wildman–Crippen MR) is 177 cm³/mol. The first-order valence-electron chi connectivity index (χ1n) is 15.9. The molecule has 1 aromatic heterocycles. The van der Waals surface area contributed by atoms with Gasteiger partial charge in [0, 0.05) is 48.0 Å². The lowest BCUT2D eigenvalue weighted by Crippen LogP contribution is -2.56. The van der Waals surface area contributed by atoms with Gasteiger partial charge in [-0.3, -0.25) is 9.69 Å². The molecule has 2 atom stereocenters. The number of benzene rings is 3. The number of rotatable bonds is 7. The second-order valence-corrected chi connectivity index (χ2v) is 13.4. The third-order valence-electron chi connectivity index (χ3n) is 9.82. The van der Waals surface area contributed by atoms with Gasteiger partial charge < -0.3 is 24.5 Å². The number of carbonyl (C=O) groups is 1. The highest BCUT2D eigenvalue weighted by Gasteiger charge is 2.57. The zero-order valence-corrected chi connectivity index (χ0v) is 27.3. The topological polar surface area (TPSA) is 86.4 Å². The molecule has 3 fully saturated rings. The number of piperazine rings is 1. The molecule has 3 saturated heterocycles. The van der Waals surface area contributed by atoms with Crippen molar-refractivity contribution < 1.29 is 36.6 Å². The van der Waals surface area contributed by atoms with Crippen molar-refractivity contribution in [3.8, 4) is 22.9 Å². The summed E-state index contributed by atoms with van der Waals surface area (Å²) in [5.74, 6) is -6.84. The second-order valence-electron chi connectivity index (χ2n) is 13.0. The summed E-state index contributed by atoms with van der Waals surface area (Å²) in [5.41, 5.74) is -1.54. The largest absolute Gasteiger partial charge is 0.508 e. The fraction of sp³-hybridized carbons (Fsp3) is 0.371. The molecule has 9 nitrogen and oxygen atoms in total. The van der Waals surface area contributed by atoms with E-state index in [1.54, 1.807) is 15.9 Å². The van der Waals surface area contributed by atoms with E-state index in [1.165, 1.54) is 35.2 Å². The Kier molecular flexibility index (Phi) is 8.47. The summed E-state index contributed by atoms with van der Waals surface area (Å²) >= 11 is 6.74. The molecule has 0 bridgehead atoms. The van der Waals surface area contributed by atoms with Gasteiger partial charge in [-0.25, -0.2) is 28.5 Å². The maximum Gasteiger partial charge on any atom is 0.319 e. The van der Waals surface area contributed by atoms with E-state index >= 15 is 8.78 Å². The maximum atomic E-state index is 16.9. The van der Waals surface area contributed by atoms with E-state index in [0.717, 1.165) is 0 Å². The molecule has 0 unspecified atom stereocenters. The van der Waals surface area contributed by atoms with Gasteiger partial charge in [0.2, 0.25) is 6.54 Å². The third kappa shape index (κ3) is 5.82. The van der Waals surface area contributed by atoms with Crippen LogP contribution in [0.15, 0.2) is 48.8 Å². The number of anilines is 1. The first-order chi connectivity index (χ1) is 23.8. The SMILES string of the molecule is [C-]#[N+]C[C@H]1CN(c2nc(OC[C@@]34CCCN3CC(F)(F)C4)nc3c(F)c(-c4cc(O)cc5cccc(F)c45)c(Cl)cc23)CCN1C(=O)C(=C)F. The van der Waals surface area contributed by atoms with Crippen LogP contribution in [0, 0.1) is 18.2 Å². The van der Waals surface area contributed by atoms with Crippen LogP contribution in [0.25, 0.3) is 37.6 Å². The Morgan fingerprint density at radius 3 is 2.74 bits per heavy atom. The van der Waals surface area contributed by atoms with Crippen LogP contribution in [0.5, 0.6) is 11.8 Å². The Hall–Kier alpha value is -4.74. The van der Waals surface area contributed by atoms with Crippen LogP contribution in [0.1, 0.15) is 19.3 Å². The molecule has 15 heteroatoms. The molecule has 4 heterocycles. The number of hydrogen-bond donors (Lipinski definition) is 1. The standard InChI is InChI=1S/C35H30ClF5N6O3/c1-19(37)32(49)47-10-9-45(15-21(47)14-42-2)31-24-13-25(36)28(23-12-22(48)11-20-5-3-6-26(38)27(20)23)29(39)30(24)43-33(44-31)50-18-34-7-4-8-46(34)17-35(40,41)16-34/h3,5-6,11-13,21,48H,1,4,7-10,14-18H2/t21-,34-/m0/s1. The van der Waals surface area contributed by atoms with Crippen LogP contribution >= 0.6 is 11.6 Å². The number of phenols is 1. The number of hydrogen-bond acceptors (Lipinski definition) is 7. The lowest BCUT2D eigenvalue weighted by atomic mass is 9.94. The van der Waals surface area contributed by atoms with Gasteiger partial charge in [-0.2, -0.15) is 9.97 Å². The van der Waals surface area contributed by atoms with Crippen molar-refractivity contribution >= 4 is 45.0 Å². The zero-order chi connectivity index (χ0) is 35.5. The summed E-state index contributed by atoms with van der Waals surface area (Å²) in [4.78, 5) is 29.5. The number of halogens is 6. The number of aromatic nitrogens is 2. The quantitative estimate of drug-likeness (QED) is 0.129. The number of phenolic OH excluding ortho intramolecular Hbond substituents is 1. The molecule has 3 aliphatic heterocycles. The Morgan fingerprint density at radius 2 is 1.98 bits per heavy atom. The van der Waals surface area contributed by atoms with Gasteiger partial charge in [0.1, 0.15) is 35.6 Å². The highest BCUT2D eigenvalue weighted by Crippen LogP contribution is 2.47. The molecule has 0 radical (unpaired) electrons. The number of alkyl halides is 2. The van der Waals surface area contributed by atoms with E-state index in [-0.39, 0.29) is 82.8 Å². The minimum Gasteiger partial charge on any atom is -0.508 e. The molecule has 50 heavy (non-hydrogen) atoms. The molecule has 260 valence electrons. The van der Waals surface area contributed by atoms with Crippen molar-refractivity contribution in [3.05, 3.63) is 76.9 Å². The molecule has 7 rings (SSSR count). The fourth-order valence-electron chi connectivity index (χ4n) is 7.68. The number of ether oxygens (including phenoxy) is 1. The molecule has 0 spiro atoms. The monoisotopic (exact) mass is 712 g/mol. The molecule has 3 aliphatic rings. The van der Waals surface area contributed by atoms with Crippen molar-refractivity contribution in [1.29, 1.82) is 0 Å². The average Bonchev–Trinajstić information content (AvgIpc) is 3.55. The highest BCUT2D eigenvalue weighted by molar-refractivity contribution is 6.35. The van der Waals surface area contributed by atoms with Crippen LogP contribution in [0.2, 0.25) is 5.02 Å². The Balaban J connectivity index is 1.37. The van der Waals surface area contributed by atoms with Gasteiger partial charge in [0.15, 0.2) is 11.6 Å². The van der Waals surface area contributed by atoms with Gasteiger partial charge >= 0.3 is 6.01 Å². The van der Waals surface area contributed by atoms with Crippen molar-refractivity contribution in [2.75, 3.05) is 50.8 Å². The van der Waals surface area contributed by atoms with Crippen molar-refractivity contribution in [2.24, 2.45) is 0 Å². The molecule has 0 aliphatic carbocycles. The Labute approximate surface area is 288 Å². The smallest absolute Gasteiger partial charge is 0.319 e. The summed E-state index contributed by atoms with van der Waals surface area (Å²) in [6.07, 6.45) is 0.741. The van der Waals surface area contributed by atoms with Crippen LogP contribution in [0.3, 0.4) is 0 Å². The molecular weight excluding hydrogens is 683 g/mol. The molecule has 3 aromatic carbocycles. The predicted octanol–water partition coefficient (Wildman–Crippen LogP) is 6.76. The van der Waals surface area contributed by atoms with E-state index in [0.29, 0.717) is 24.8 Å². The first kappa shape index (κ1) is 33.7. The van der Waals surface area contributed by atoms with Crippen LogP contribution in [0.4, 0.5) is 27.8 Å². The van der Waals surface area contributed by atoms with Crippen LogP contribution < -0.4 is 9.64 Å². The van der Waals surface area contributed by atoms with Crippen LogP contribution in [-0.2, 0) is 4.79 Å². The highest BCUT2D eigenvalue weighted by atomic mass is 35.5. The van der Waals surface area contributed by atoms with Crippen LogP contribution in [-0.4, -0.2) is 94.2 Å². The Morgan fingerprint density at radius 1 is 1.18 bits per heavy atom. The van der Waals surface area contributed by atoms with Gasteiger partial charge in [-0.05, 0) is 49.0 Å². The fourth-order valence-corrected chi connectivity index (χ4v) is 7.97. The lowest BCUT2D eigenvalue weighted by Gasteiger charge is -2.39. The van der Waals surface area contributed by atoms with Gasteiger partial charge in [-0.15, -0.1) is 0 Å². The average molecular weight is 713 g/mol. The lowest BCUT2D eigenvalue weighted by molar-refractivity contribution is -0.131. The summed E-state index contributed by atoms with van der Waals surface area (Å²) < 4.78 is 81.1. The summed E-state index contributed by atoms with van der Waals surface area (Å²) in [6.45, 7) is 10.2. The Bertz CT molecular complexity index is 2110. The van der Waals surface area contributed by atoms with E-state index in [1.807, 2.05) is 0 Å². The summed E-state index contributed by atoms with van der Waals surface area (Å²) in [6, 6.07) is 7.02. The molecular formula is C35H30ClF5N6O3. The zero-order valence-electron chi connectivity index (χ0n) is 26.5. The first-order valence-corrected chi connectivity index (χ1v) is 16.3. The number of nitrogens with zero attached hydrogens (tertiary/aromatic N) is 6. The molecule has 4 aromatic rings. The van der Waals surface area contributed by atoms with Crippen molar-refractivity contribution in [1.82, 2.24) is 19.8 Å². The maximum absolute atomic E-state index is 16.9. The van der Waals surface area contributed by atoms with E-state index in [4.69, 9.17) is 22.9 Å². The number of amides is 1. The number of carbonyl (C=O) groups excluding carboxylic acids is 1. The molecule has 1 amide bonds. The molecule has 1 N–H and O–H groups in total.